The van der Waals surface area contributed by atoms with Crippen molar-refractivity contribution >= 4 is 44.8 Å². The van der Waals surface area contributed by atoms with E-state index in [4.69, 9.17) is 16.3 Å². The Kier molecular flexibility index (Phi) is 5.95. The average Bonchev–Trinajstić information content (AvgIpc) is 3.15. The second-order valence-electron chi connectivity index (χ2n) is 5.03. The van der Waals surface area contributed by atoms with Gasteiger partial charge < -0.3 is 4.74 Å². The molecular formula is C17H12BrClFN3O2S. The summed E-state index contributed by atoms with van der Waals surface area (Å²) in [6.07, 6.45) is 1.64. The summed E-state index contributed by atoms with van der Waals surface area (Å²) in [5.41, 5.74) is 1.33. The molecule has 0 aliphatic rings. The highest BCUT2D eigenvalue weighted by Gasteiger charge is 2.25. The maximum absolute atomic E-state index is 13.5. The molecule has 0 atom stereocenters. The molecule has 5 nitrogen and oxygen atoms in total. The zero-order chi connectivity index (χ0) is 18.7. The molecule has 0 N–H and O–H groups in total. The maximum atomic E-state index is 13.5. The topological polar surface area (TPSA) is 65.0 Å². The second-order valence-corrected chi connectivity index (χ2v) is 6.90. The SMILES string of the molecule is CCOC(=O)c1c(CBr)nc(-c2nccs2)nc1-c1ccc(F)cc1Cl. The lowest BCUT2D eigenvalue weighted by atomic mass is 10.0. The molecule has 3 aromatic rings. The van der Waals surface area contributed by atoms with E-state index in [1.807, 2.05) is 0 Å². The van der Waals surface area contributed by atoms with E-state index < -0.39 is 11.8 Å². The standard InChI is InChI=1S/C17H12BrClFN3O2S/c1-2-25-17(24)13-12(8-18)22-15(16-21-5-6-26-16)23-14(13)10-4-3-9(20)7-11(10)19/h3-7H,2,8H2,1H3. The molecule has 0 aliphatic carbocycles. The van der Waals surface area contributed by atoms with Gasteiger partial charge in [0.1, 0.15) is 11.4 Å². The van der Waals surface area contributed by atoms with Crippen LogP contribution in [0.5, 0.6) is 0 Å². The first kappa shape index (κ1) is 18.9. The number of nitrogens with zero attached hydrogens (tertiary/aromatic N) is 3. The Labute approximate surface area is 166 Å². The van der Waals surface area contributed by atoms with Gasteiger partial charge in [0.15, 0.2) is 10.8 Å². The van der Waals surface area contributed by atoms with E-state index in [0.717, 1.165) is 0 Å². The minimum absolute atomic E-state index is 0.139. The molecule has 0 spiro atoms. The summed E-state index contributed by atoms with van der Waals surface area (Å²) in [4.78, 5) is 25.7. The van der Waals surface area contributed by atoms with Gasteiger partial charge in [-0.25, -0.2) is 24.1 Å². The quantitative estimate of drug-likeness (QED) is 0.393. The Morgan fingerprint density at radius 1 is 1.38 bits per heavy atom. The Balaban J connectivity index is 2.30. The van der Waals surface area contributed by atoms with Crippen molar-refractivity contribution in [2.45, 2.75) is 12.3 Å². The van der Waals surface area contributed by atoms with Gasteiger partial charge in [-0.3, -0.25) is 0 Å². The smallest absolute Gasteiger partial charge is 0.342 e. The van der Waals surface area contributed by atoms with Gasteiger partial charge >= 0.3 is 5.97 Å². The zero-order valence-electron chi connectivity index (χ0n) is 13.5. The van der Waals surface area contributed by atoms with Gasteiger partial charge in [-0.05, 0) is 25.1 Å². The van der Waals surface area contributed by atoms with Crippen LogP contribution < -0.4 is 0 Å². The third kappa shape index (κ3) is 3.77. The molecule has 1 aromatic carbocycles. The molecule has 0 radical (unpaired) electrons. The van der Waals surface area contributed by atoms with Crippen molar-refractivity contribution in [1.29, 1.82) is 0 Å². The molecular weight excluding hydrogens is 445 g/mol. The molecule has 0 fully saturated rings. The van der Waals surface area contributed by atoms with Gasteiger partial charge in [-0.2, -0.15) is 0 Å². The van der Waals surface area contributed by atoms with Crippen molar-refractivity contribution in [3.05, 3.63) is 51.9 Å². The lowest BCUT2D eigenvalue weighted by Crippen LogP contribution is -2.13. The number of carbonyl (C=O) groups is 1. The van der Waals surface area contributed by atoms with Crippen molar-refractivity contribution in [2.24, 2.45) is 0 Å². The van der Waals surface area contributed by atoms with Crippen LogP contribution in [-0.2, 0) is 10.1 Å². The molecule has 0 saturated carbocycles. The van der Waals surface area contributed by atoms with Crippen LogP contribution in [0.25, 0.3) is 22.1 Å². The van der Waals surface area contributed by atoms with Crippen LogP contribution in [0.1, 0.15) is 23.0 Å². The number of ether oxygens (including phenoxy) is 1. The highest BCUT2D eigenvalue weighted by Crippen LogP contribution is 2.34. The number of aromatic nitrogens is 3. The fraction of sp³-hybridized carbons (Fsp3) is 0.176. The molecule has 3 rings (SSSR count). The summed E-state index contributed by atoms with van der Waals surface area (Å²) in [6, 6.07) is 3.91. The summed E-state index contributed by atoms with van der Waals surface area (Å²) in [5, 5.41) is 2.84. The third-order valence-electron chi connectivity index (χ3n) is 3.40. The summed E-state index contributed by atoms with van der Waals surface area (Å²) < 4.78 is 18.6. The summed E-state index contributed by atoms with van der Waals surface area (Å²) in [5.74, 6) is -0.688. The maximum Gasteiger partial charge on any atom is 0.342 e. The van der Waals surface area contributed by atoms with Gasteiger partial charge in [0.2, 0.25) is 0 Å². The first-order valence-electron chi connectivity index (χ1n) is 7.54. The van der Waals surface area contributed by atoms with Crippen molar-refractivity contribution < 1.29 is 13.9 Å². The molecule has 2 heterocycles. The van der Waals surface area contributed by atoms with Crippen LogP contribution in [0.3, 0.4) is 0 Å². The number of rotatable bonds is 5. The van der Waals surface area contributed by atoms with Crippen molar-refractivity contribution in [3.63, 3.8) is 0 Å². The molecule has 0 aliphatic heterocycles. The van der Waals surface area contributed by atoms with Crippen LogP contribution in [0.2, 0.25) is 5.02 Å². The number of carbonyl (C=O) groups excluding carboxylic acids is 1. The lowest BCUT2D eigenvalue weighted by molar-refractivity contribution is 0.0525. The highest BCUT2D eigenvalue weighted by atomic mass is 79.9. The van der Waals surface area contributed by atoms with E-state index in [1.54, 1.807) is 18.5 Å². The van der Waals surface area contributed by atoms with Crippen molar-refractivity contribution in [2.75, 3.05) is 6.61 Å². The number of hydrogen-bond acceptors (Lipinski definition) is 6. The first-order valence-corrected chi connectivity index (χ1v) is 9.92. The minimum atomic E-state index is -0.567. The number of hydrogen-bond donors (Lipinski definition) is 0. The predicted octanol–water partition coefficient (Wildman–Crippen LogP) is 5.13. The van der Waals surface area contributed by atoms with Crippen LogP contribution >= 0.6 is 38.9 Å². The van der Waals surface area contributed by atoms with Gasteiger partial charge in [0, 0.05) is 22.5 Å². The van der Waals surface area contributed by atoms with Crippen LogP contribution in [0, 0.1) is 5.82 Å². The highest BCUT2D eigenvalue weighted by molar-refractivity contribution is 9.08. The third-order valence-corrected chi connectivity index (χ3v) is 5.01. The molecule has 0 bridgehead atoms. The van der Waals surface area contributed by atoms with E-state index in [-0.39, 0.29) is 22.9 Å². The molecule has 0 amide bonds. The van der Waals surface area contributed by atoms with E-state index in [9.17, 15) is 9.18 Å². The Bertz CT molecular complexity index is 953. The number of halogens is 3. The molecule has 9 heteroatoms. The number of esters is 1. The molecule has 134 valence electrons. The lowest BCUT2D eigenvalue weighted by Gasteiger charge is -2.14. The Morgan fingerprint density at radius 2 is 2.19 bits per heavy atom. The van der Waals surface area contributed by atoms with Crippen molar-refractivity contribution in [1.82, 2.24) is 15.0 Å². The van der Waals surface area contributed by atoms with Gasteiger partial charge in [0.25, 0.3) is 0 Å². The van der Waals surface area contributed by atoms with E-state index in [1.165, 1.54) is 29.5 Å². The molecule has 26 heavy (non-hydrogen) atoms. The normalized spacial score (nSPS) is 10.8. The minimum Gasteiger partial charge on any atom is -0.462 e. The van der Waals surface area contributed by atoms with E-state index in [0.29, 0.717) is 27.4 Å². The van der Waals surface area contributed by atoms with Crippen molar-refractivity contribution in [3.8, 4) is 22.1 Å². The van der Waals surface area contributed by atoms with E-state index >= 15 is 0 Å². The van der Waals surface area contributed by atoms with Gasteiger partial charge in [-0.1, -0.05) is 27.5 Å². The fourth-order valence-electron chi connectivity index (χ4n) is 2.33. The first-order chi connectivity index (χ1) is 12.5. The number of thiazole rings is 1. The number of benzene rings is 1. The van der Waals surface area contributed by atoms with E-state index in [2.05, 4.69) is 30.9 Å². The Morgan fingerprint density at radius 3 is 2.81 bits per heavy atom. The second kappa shape index (κ2) is 8.20. The predicted molar refractivity (Wildman–Crippen MR) is 102 cm³/mol. The average molecular weight is 457 g/mol. The number of alkyl halides is 1. The van der Waals surface area contributed by atoms with Crippen LogP contribution in [-0.4, -0.2) is 27.5 Å². The molecule has 2 aromatic heterocycles. The molecule has 0 unspecified atom stereocenters. The Hall–Kier alpha value is -1.90. The van der Waals surface area contributed by atoms with Gasteiger partial charge in [-0.15, -0.1) is 11.3 Å². The zero-order valence-corrected chi connectivity index (χ0v) is 16.7. The molecule has 0 saturated heterocycles. The van der Waals surface area contributed by atoms with Gasteiger partial charge in [0.05, 0.1) is 23.0 Å². The van der Waals surface area contributed by atoms with Crippen LogP contribution in [0.4, 0.5) is 4.39 Å². The monoisotopic (exact) mass is 455 g/mol. The fourth-order valence-corrected chi connectivity index (χ4v) is 3.56. The largest absolute Gasteiger partial charge is 0.462 e. The summed E-state index contributed by atoms with van der Waals surface area (Å²) in [6.45, 7) is 1.91. The summed E-state index contributed by atoms with van der Waals surface area (Å²) >= 11 is 10.9. The summed E-state index contributed by atoms with van der Waals surface area (Å²) in [7, 11) is 0. The van der Waals surface area contributed by atoms with Crippen LogP contribution in [0.15, 0.2) is 29.8 Å².